The van der Waals surface area contributed by atoms with E-state index in [1.807, 2.05) is 0 Å². The van der Waals surface area contributed by atoms with Gasteiger partial charge in [-0.25, -0.2) is 18.6 Å². The average molecular weight is 271 g/mol. The number of pyridine rings is 1. The largest absolute Gasteiger partial charge is 0.494 e. The molecule has 0 bridgehead atoms. The quantitative estimate of drug-likeness (QED) is 0.859. The Morgan fingerprint density at radius 1 is 1.44 bits per heavy atom. The molecule has 9 heteroatoms. The Kier molecular flexibility index (Phi) is 3.73. The van der Waals surface area contributed by atoms with E-state index in [4.69, 9.17) is 5.11 Å². The number of aromatic nitrogens is 1. The molecule has 0 aromatic carbocycles. The Morgan fingerprint density at radius 2 is 2.00 bits per heavy atom. The molecule has 18 heavy (non-hydrogen) atoms. The van der Waals surface area contributed by atoms with E-state index in [2.05, 4.69) is 9.72 Å². The van der Waals surface area contributed by atoms with Crippen molar-refractivity contribution >= 4 is 5.97 Å². The molecule has 1 rings (SSSR count). The predicted octanol–water partition coefficient (Wildman–Crippen LogP) is 2.74. The van der Waals surface area contributed by atoms with Crippen LogP contribution in [0.2, 0.25) is 0 Å². The molecule has 0 aliphatic rings. The molecular formula is C9H6F5NO3. The minimum atomic E-state index is -5.10. The van der Waals surface area contributed by atoms with E-state index < -0.39 is 41.3 Å². The predicted molar refractivity (Wildman–Crippen MR) is 47.7 cm³/mol. The van der Waals surface area contributed by atoms with Gasteiger partial charge in [-0.3, -0.25) is 0 Å². The molecule has 0 aliphatic carbocycles. The van der Waals surface area contributed by atoms with Crippen molar-refractivity contribution < 1.29 is 36.6 Å². The van der Waals surface area contributed by atoms with Gasteiger partial charge in [0, 0.05) is 0 Å². The molecule has 0 saturated carbocycles. The smallest absolute Gasteiger partial charge is 0.437 e. The van der Waals surface area contributed by atoms with Crippen molar-refractivity contribution in [3.63, 3.8) is 0 Å². The molecule has 0 fully saturated rings. The molecule has 0 amide bonds. The van der Waals surface area contributed by atoms with E-state index in [1.165, 1.54) is 0 Å². The molecule has 1 aromatic heterocycles. The molecule has 0 saturated heterocycles. The minimum absolute atomic E-state index is 0.348. The number of halogens is 5. The Labute approximate surface area is 97.0 Å². The Balaban J connectivity index is 3.62. The van der Waals surface area contributed by atoms with Crippen LogP contribution in [0.25, 0.3) is 0 Å². The zero-order valence-electron chi connectivity index (χ0n) is 8.76. The summed E-state index contributed by atoms with van der Waals surface area (Å²) in [6.07, 6.45) is -8.42. The number of hydrogen-bond acceptors (Lipinski definition) is 3. The van der Waals surface area contributed by atoms with Gasteiger partial charge >= 0.3 is 12.1 Å². The lowest BCUT2D eigenvalue weighted by atomic mass is 10.1. The highest BCUT2D eigenvalue weighted by molar-refractivity contribution is 5.91. The summed E-state index contributed by atoms with van der Waals surface area (Å²) in [6.45, 7) is 0. The second-order valence-electron chi connectivity index (χ2n) is 3.08. The molecule has 0 atom stereocenters. The number of carbonyl (C=O) groups is 1. The van der Waals surface area contributed by atoms with Crippen LogP contribution in [0.4, 0.5) is 22.0 Å². The topological polar surface area (TPSA) is 59.4 Å². The van der Waals surface area contributed by atoms with E-state index in [-0.39, 0.29) is 0 Å². The van der Waals surface area contributed by atoms with Gasteiger partial charge < -0.3 is 9.84 Å². The molecule has 0 unspecified atom stereocenters. The molecule has 1 N–H and O–H groups in total. The molecule has 0 radical (unpaired) electrons. The lowest BCUT2D eigenvalue weighted by molar-refractivity contribution is -0.142. The van der Waals surface area contributed by atoms with Crippen LogP contribution in [0.5, 0.6) is 5.75 Å². The Morgan fingerprint density at radius 3 is 2.33 bits per heavy atom. The maximum Gasteiger partial charge on any atom is 0.437 e. The normalized spacial score (nSPS) is 11.7. The van der Waals surface area contributed by atoms with Crippen LogP contribution in [-0.2, 0) is 6.18 Å². The van der Waals surface area contributed by atoms with Gasteiger partial charge in [0.15, 0.2) is 11.4 Å². The number of hydrogen-bond donors (Lipinski definition) is 1. The lowest BCUT2D eigenvalue weighted by Crippen LogP contribution is -2.15. The number of nitrogens with zero attached hydrogens (tertiary/aromatic N) is 1. The monoisotopic (exact) mass is 271 g/mol. The Hall–Kier alpha value is -1.93. The van der Waals surface area contributed by atoms with Crippen LogP contribution >= 0.6 is 0 Å². The Bertz CT molecular complexity index is 472. The summed E-state index contributed by atoms with van der Waals surface area (Å²) in [5.74, 6) is -2.92. The lowest BCUT2D eigenvalue weighted by Gasteiger charge is -2.14. The molecular weight excluding hydrogens is 265 g/mol. The first-order valence-corrected chi connectivity index (χ1v) is 4.36. The third-order valence-corrected chi connectivity index (χ3v) is 1.92. The standard InChI is InChI=1S/C9H6F5NO3/c1-18-5-3(8(16)17)2-4(7(10)11)15-6(5)9(12,13)14/h2,7H,1H3,(H,16,17). The molecule has 4 nitrogen and oxygen atoms in total. The molecule has 0 spiro atoms. The number of methoxy groups -OCH3 is 1. The van der Waals surface area contributed by atoms with Crippen LogP contribution in [0, 0.1) is 0 Å². The van der Waals surface area contributed by atoms with Gasteiger partial charge in [-0.05, 0) is 6.07 Å². The zero-order chi connectivity index (χ0) is 14.1. The van der Waals surface area contributed by atoms with Gasteiger partial charge in [0.1, 0.15) is 11.3 Å². The van der Waals surface area contributed by atoms with Gasteiger partial charge in [-0.1, -0.05) is 0 Å². The van der Waals surface area contributed by atoms with Gasteiger partial charge in [0.05, 0.1) is 7.11 Å². The average Bonchev–Trinajstić information content (AvgIpc) is 2.25. The number of alkyl halides is 5. The van der Waals surface area contributed by atoms with E-state index in [9.17, 15) is 26.7 Å². The first kappa shape index (κ1) is 14.1. The number of carboxylic acids is 1. The van der Waals surface area contributed by atoms with E-state index in [0.29, 0.717) is 6.07 Å². The van der Waals surface area contributed by atoms with Crippen molar-refractivity contribution in [1.82, 2.24) is 4.98 Å². The van der Waals surface area contributed by atoms with E-state index >= 15 is 0 Å². The molecule has 1 aromatic rings. The highest BCUT2D eigenvalue weighted by atomic mass is 19.4. The van der Waals surface area contributed by atoms with Gasteiger partial charge in [0.2, 0.25) is 0 Å². The van der Waals surface area contributed by atoms with Crippen molar-refractivity contribution in [3.8, 4) is 5.75 Å². The summed E-state index contributed by atoms with van der Waals surface area (Å²) in [7, 11) is 0.792. The first-order chi connectivity index (χ1) is 8.18. The molecule has 0 aliphatic heterocycles. The van der Waals surface area contributed by atoms with E-state index in [0.717, 1.165) is 7.11 Å². The maximum atomic E-state index is 12.5. The number of aromatic carboxylic acids is 1. The zero-order valence-corrected chi connectivity index (χ0v) is 8.76. The summed E-state index contributed by atoms with van der Waals surface area (Å²) in [4.78, 5) is 13.4. The number of rotatable bonds is 3. The van der Waals surface area contributed by atoms with Gasteiger partial charge in [-0.15, -0.1) is 0 Å². The summed E-state index contributed by atoms with van der Waals surface area (Å²) >= 11 is 0. The van der Waals surface area contributed by atoms with Crippen LogP contribution < -0.4 is 4.74 Å². The number of ether oxygens (including phenoxy) is 1. The number of carboxylic acid groups (broad SMARTS) is 1. The second kappa shape index (κ2) is 4.75. The highest BCUT2D eigenvalue weighted by Gasteiger charge is 2.39. The van der Waals surface area contributed by atoms with Crippen LogP contribution in [0.3, 0.4) is 0 Å². The fourth-order valence-corrected chi connectivity index (χ4v) is 1.22. The highest BCUT2D eigenvalue weighted by Crippen LogP contribution is 2.38. The SMILES string of the molecule is COc1c(C(=O)O)cc(C(F)F)nc1C(F)(F)F. The third kappa shape index (κ3) is 2.66. The van der Waals surface area contributed by atoms with Crippen molar-refractivity contribution in [3.05, 3.63) is 23.0 Å². The van der Waals surface area contributed by atoms with Crippen LogP contribution in [0.15, 0.2) is 6.07 Å². The van der Waals surface area contributed by atoms with E-state index in [1.54, 1.807) is 0 Å². The summed E-state index contributed by atoms with van der Waals surface area (Å²) in [5, 5.41) is 8.67. The van der Waals surface area contributed by atoms with Crippen molar-refractivity contribution in [2.75, 3.05) is 7.11 Å². The third-order valence-electron chi connectivity index (χ3n) is 1.92. The van der Waals surface area contributed by atoms with Crippen molar-refractivity contribution in [1.29, 1.82) is 0 Å². The maximum absolute atomic E-state index is 12.5. The van der Waals surface area contributed by atoms with Crippen molar-refractivity contribution in [2.45, 2.75) is 12.6 Å². The van der Waals surface area contributed by atoms with Crippen LogP contribution in [0.1, 0.15) is 28.2 Å². The molecule has 100 valence electrons. The van der Waals surface area contributed by atoms with Crippen LogP contribution in [-0.4, -0.2) is 23.2 Å². The summed E-state index contributed by atoms with van der Waals surface area (Å²) < 4.78 is 66.6. The minimum Gasteiger partial charge on any atom is -0.494 e. The van der Waals surface area contributed by atoms with Gasteiger partial charge in [-0.2, -0.15) is 13.2 Å². The fourth-order valence-electron chi connectivity index (χ4n) is 1.22. The summed E-state index contributed by atoms with van der Waals surface area (Å²) in [6, 6.07) is 0.348. The summed E-state index contributed by atoms with van der Waals surface area (Å²) in [5.41, 5.74) is -4.09. The first-order valence-electron chi connectivity index (χ1n) is 4.36. The fraction of sp³-hybridized carbons (Fsp3) is 0.333. The van der Waals surface area contributed by atoms with Gasteiger partial charge in [0.25, 0.3) is 6.43 Å². The van der Waals surface area contributed by atoms with Crippen molar-refractivity contribution in [2.24, 2.45) is 0 Å². The second-order valence-corrected chi connectivity index (χ2v) is 3.08. The molecule has 1 heterocycles.